The lowest BCUT2D eigenvalue weighted by Crippen LogP contribution is -1.56. The van der Waals surface area contributed by atoms with E-state index >= 15 is 0 Å². The average molecular weight is 324 g/mol. The molecule has 2 aromatic rings. The van der Waals surface area contributed by atoms with E-state index in [-0.39, 0.29) is 0 Å². The standard InChI is InChI=1S/C8H4Br2S2/c9-5-3-7(11-4-5)6-1-2-8(10)12-6/h1-4H. The summed E-state index contributed by atoms with van der Waals surface area (Å²) < 4.78 is 2.34. The van der Waals surface area contributed by atoms with Gasteiger partial charge in [-0.2, -0.15) is 0 Å². The summed E-state index contributed by atoms with van der Waals surface area (Å²) in [5, 5.41) is 2.10. The summed E-state index contributed by atoms with van der Waals surface area (Å²) in [4.78, 5) is 2.63. The highest BCUT2D eigenvalue weighted by Crippen LogP contribution is 2.36. The SMILES string of the molecule is Brc1csc(-c2ccc(Br)s2)c1. The van der Waals surface area contributed by atoms with Crippen LogP contribution in [-0.2, 0) is 0 Å². The fourth-order valence-corrected chi connectivity index (χ4v) is 3.80. The van der Waals surface area contributed by atoms with E-state index in [1.807, 2.05) is 0 Å². The smallest absolute Gasteiger partial charge is 0.0705 e. The summed E-state index contributed by atoms with van der Waals surface area (Å²) in [7, 11) is 0. The van der Waals surface area contributed by atoms with Crippen molar-refractivity contribution in [2.24, 2.45) is 0 Å². The van der Waals surface area contributed by atoms with Crippen molar-refractivity contribution in [3.8, 4) is 9.75 Å². The van der Waals surface area contributed by atoms with Crippen LogP contribution in [0.3, 0.4) is 0 Å². The van der Waals surface area contributed by atoms with Crippen LogP contribution < -0.4 is 0 Å². The first kappa shape index (κ1) is 8.94. The highest BCUT2D eigenvalue weighted by atomic mass is 79.9. The zero-order valence-electron chi connectivity index (χ0n) is 5.88. The molecule has 2 aromatic heterocycles. The van der Waals surface area contributed by atoms with Gasteiger partial charge in [-0.1, -0.05) is 0 Å². The Morgan fingerprint density at radius 3 is 2.42 bits per heavy atom. The molecule has 0 saturated heterocycles. The molecule has 0 aliphatic heterocycles. The molecule has 0 aliphatic carbocycles. The number of hydrogen-bond donors (Lipinski definition) is 0. The molecule has 2 heterocycles. The van der Waals surface area contributed by atoms with Crippen LogP contribution in [0.2, 0.25) is 0 Å². The van der Waals surface area contributed by atoms with E-state index in [1.165, 1.54) is 13.5 Å². The summed E-state index contributed by atoms with van der Waals surface area (Å²) in [6.07, 6.45) is 0. The fraction of sp³-hybridized carbons (Fsp3) is 0. The molecule has 0 aliphatic rings. The summed E-state index contributed by atoms with van der Waals surface area (Å²) in [5.74, 6) is 0. The van der Waals surface area contributed by atoms with E-state index in [0.29, 0.717) is 0 Å². The molecule has 62 valence electrons. The average Bonchev–Trinajstić information content (AvgIpc) is 2.58. The van der Waals surface area contributed by atoms with Crippen molar-refractivity contribution < 1.29 is 0 Å². The summed E-state index contributed by atoms with van der Waals surface area (Å²) in [6.45, 7) is 0. The Hall–Kier alpha value is 0.360. The van der Waals surface area contributed by atoms with Gasteiger partial charge in [0.25, 0.3) is 0 Å². The van der Waals surface area contributed by atoms with E-state index in [0.717, 1.165) is 4.47 Å². The van der Waals surface area contributed by atoms with E-state index in [1.54, 1.807) is 22.7 Å². The fourth-order valence-electron chi connectivity index (χ4n) is 0.889. The van der Waals surface area contributed by atoms with Gasteiger partial charge >= 0.3 is 0 Å². The van der Waals surface area contributed by atoms with Gasteiger partial charge in [0.15, 0.2) is 0 Å². The van der Waals surface area contributed by atoms with Crippen LogP contribution in [0.25, 0.3) is 9.75 Å². The summed E-state index contributed by atoms with van der Waals surface area (Å²) in [6, 6.07) is 6.35. The largest absolute Gasteiger partial charge is 0.142 e. The summed E-state index contributed by atoms with van der Waals surface area (Å²) >= 11 is 10.4. The Bertz CT molecular complexity index is 351. The van der Waals surface area contributed by atoms with Crippen molar-refractivity contribution in [3.63, 3.8) is 0 Å². The van der Waals surface area contributed by atoms with Gasteiger partial charge in [-0.3, -0.25) is 0 Å². The lowest BCUT2D eigenvalue weighted by Gasteiger charge is -1.86. The molecular weight excluding hydrogens is 320 g/mol. The van der Waals surface area contributed by atoms with Crippen LogP contribution >= 0.6 is 54.5 Å². The first-order chi connectivity index (χ1) is 5.75. The molecule has 4 heteroatoms. The molecule has 0 unspecified atom stereocenters. The molecule has 0 fully saturated rings. The predicted molar refractivity (Wildman–Crippen MR) is 63.0 cm³/mol. The minimum absolute atomic E-state index is 1.16. The molecule has 2 rings (SSSR count). The molecule has 12 heavy (non-hydrogen) atoms. The van der Waals surface area contributed by atoms with E-state index in [9.17, 15) is 0 Å². The first-order valence-electron chi connectivity index (χ1n) is 3.25. The lowest BCUT2D eigenvalue weighted by molar-refractivity contribution is 1.86. The zero-order valence-corrected chi connectivity index (χ0v) is 10.7. The Labute approximate surface area is 95.5 Å². The van der Waals surface area contributed by atoms with Crippen LogP contribution in [0.1, 0.15) is 0 Å². The van der Waals surface area contributed by atoms with Crippen molar-refractivity contribution in [1.82, 2.24) is 0 Å². The molecule has 0 spiro atoms. The van der Waals surface area contributed by atoms with Gasteiger partial charge in [0, 0.05) is 19.6 Å². The first-order valence-corrected chi connectivity index (χ1v) is 6.53. The van der Waals surface area contributed by atoms with Crippen molar-refractivity contribution in [3.05, 3.63) is 31.8 Å². The minimum Gasteiger partial charge on any atom is -0.142 e. The number of halogens is 2. The van der Waals surface area contributed by atoms with E-state index in [4.69, 9.17) is 0 Å². The maximum absolute atomic E-state index is 3.45. The normalized spacial score (nSPS) is 10.5. The molecule has 0 N–H and O–H groups in total. The Kier molecular flexibility index (Phi) is 2.69. The molecule has 0 saturated carbocycles. The minimum atomic E-state index is 1.16. The monoisotopic (exact) mass is 322 g/mol. The maximum atomic E-state index is 3.45. The predicted octanol–water partition coefficient (Wildman–Crippen LogP) is 5.00. The van der Waals surface area contributed by atoms with E-state index < -0.39 is 0 Å². The van der Waals surface area contributed by atoms with Gasteiger partial charge < -0.3 is 0 Å². The van der Waals surface area contributed by atoms with Crippen molar-refractivity contribution in [2.45, 2.75) is 0 Å². The van der Waals surface area contributed by atoms with Gasteiger partial charge in [-0.15, -0.1) is 22.7 Å². The highest BCUT2D eigenvalue weighted by Gasteiger charge is 2.03. The second-order valence-electron chi connectivity index (χ2n) is 2.23. The van der Waals surface area contributed by atoms with Crippen LogP contribution in [-0.4, -0.2) is 0 Å². The molecule has 0 nitrogen and oxygen atoms in total. The van der Waals surface area contributed by atoms with Crippen LogP contribution in [0, 0.1) is 0 Å². The van der Waals surface area contributed by atoms with Gasteiger partial charge in [0.2, 0.25) is 0 Å². The third kappa shape index (κ3) is 1.82. The molecule has 0 aromatic carbocycles. The van der Waals surface area contributed by atoms with Gasteiger partial charge in [-0.25, -0.2) is 0 Å². The second-order valence-corrected chi connectivity index (χ2v) is 6.52. The lowest BCUT2D eigenvalue weighted by atomic mass is 10.4. The number of rotatable bonds is 1. The van der Waals surface area contributed by atoms with Crippen molar-refractivity contribution in [2.75, 3.05) is 0 Å². The quantitative estimate of drug-likeness (QED) is 0.692. The zero-order chi connectivity index (χ0) is 8.55. The van der Waals surface area contributed by atoms with Crippen LogP contribution in [0.5, 0.6) is 0 Å². The highest BCUT2D eigenvalue weighted by molar-refractivity contribution is 9.11. The van der Waals surface area contributed by atoms with Crippen molar-refractivity contribution >= 4 is 54.5 Å². The Morgan fingerprint density at radius 1 is 1.08 bits per heavy atom. The maximum Gasteiger partial charge on any atom is 0.0705 e. The third-order valence-electron chi connectivity index (χ3n) is 1.38. The second kappa shape index (κ2) is 3.62. The van der Waals surface area contributed by atoms with Gasteiger partial charge in [0.05, 0.1) is 3.79 Å². The molecule has 0 atom stereocenters. The summed E-state index contributed by atoms with van der Waals surface area (Å²) in [5.41, 5.74) is 0. The third-order valence-corrected chi connectivity index (χ3v) is 4.89. The van der Waals surface area contributed by atoms with Crippen molar-refractivity contribution in [1.29, 1.82) is 0 Å². The topological polar surface area (TPSA) is 0 Å². The Morgan fingerprint density at radius 2 is 1.92 bits per heavy atom. The van der Waals surface area contributed by atoms with Gasteiger partial charge in [0.1, 0.15) is 0 Å². The Balaban J connectivity index is 2.43. The number of thiophene rings is 2. The number of hydrogen-bond acceptors (Lipinski definition) is 2. The molecule has 0 amide bonds. The van der Waals surface area contributed by atoms with Crippen LogP contribution in [0.15, 0.2) is 31.8 Å². The molecular formula is C8H4Br2S2. The van der Waals surface area contributed by atoms with E-state index in [2.05, 4.69) is 55.4 Å². The van der Waals surface area contributed by atoms with Crippen LogP contribution in [0.4, 0.5) is 0 Å². The molecule has 0 radical (unpaired) electrons. The molecule has 0 bridgehead atoms. The van der Waals surface area contributed by atoms with Gasteiger partial charge in [-0.05, 0) is 50.1 Å².